The van der Waals surface area contributed by atoms with Crippen molar-refractivity contribution in [2.45, 2.75) is 6.61 Å². The molecule has 66 valence electrons. The normalized spacial score (nSPS) is 9.83. The summed E-state index contributed by atoms with van der Waals surface area (Å²) in [6.07, 6.45) is 0. The third-order valence-corrected chi connectivity index (χ3v) is 1.67. The molecule has 2 N–H and O–H groups in total. The number of benzene rings is 1. The Kier molecular flexibility index (Phi) is 2.94. The van der Waals surface area contributed by atoms with Gasteiger partial charge in [0.05, 0.1) is 6.61 Å². The van der Waals surface area contributed by atoms with Crippen LogP contribution < -0.4 is 5.32 Å². The van der Waals surface area contributed by atoms with E-state index in [0.29, 0.717) is 6.61 Å². The Morgan fingerprint density at radius 2 is 2.25 bits per heavy atom. The molecular weight excluding hydrogens is 154 g/mol. The summed E-state index contributed by atoms with van der Waals surface area (Å²) in [5.41, 5.74) is 1.77. The van der Waals surface area contributed by atoms with Gasteiger partial charge in [-0.25, -0.2) is 0 Å². The Labute approximate surface area is 72.0 Å². The average Bonchev–Trinajstić information content (AvgIpc) is 2.09. The molecule has 1 aromatic rings. The van der Waals surface area contributed by atoms with E-state index in [0.717, 1.165) is 11.3 Å². The second kappa shape index (κ2) is 3.97. The molecular formula is C9H13NO2. The number of phenolic OH excluding ortho intramolecular Hbond substituents is 1. The molecule has 3 nitrogen and oxygen atoms in total. The molecule has 0 aliphatic rings. The highest BCUT2D eigenvalue weighted by atomic mass is 16.5. The van der Waals surface area contributed by atoms with Crippen LogP contribution in [0.1, 0.15) is 5.56 Å². The van der Waals surface area contributed by atoms with Crippen LogP contribution in [0, 0.1) is 0 Å². The van der Waals surface area contributed by atoms with Gasteiger partial charge in [0.1, 0.15) is 5.75 Å². The maximum Gasteiger partial charge on any atom is 0.121 e. The summed E-state index contributed by atoms with van der Waals surface area (Å²) in [5, 5.41) is 12.3. The lowest BCUT2D eigenvalue weighted by molar-refractivity contribution is 0.182. The van der Waals surface area contributed by atoms with E-state index >= 15 is 0 Å². The zero-order valence-electron chi connectivity index (χ0n) is 7.29. The van der Waals surface area contributed by atoms with Crippen molar-refractivity contribution < 1.29 is 9.84 Å². The Hall–Kier alpha value is -1.22. The molecule has 0 atom stereocenters. The Bertz CT molecular complexity index is 261. The number of hydrogen-bond acceptors (Lipinski definition) is 3. The molecule has 0 fully saturated rings. The van der Waals surface area contributed by atoms with Gasteiger partial charge in [-0.05, 0) is 18.2 Å². The van der Waals surface area contributed by atoms with Crippen LogP contribution in [0.2, 0.25) is 0 Å². The monoisotopic (exact) mass is 167 g/mol. The first-order valence-electron chi connectivity index (χ1n) is 3.76. The highest BCUT2D eigenvalue weighted by Crippen LogP contribution is 2.21. The zero-order valence-corrected chi connectivity index (χ0v) is 7.29. The molecule has 0 saturated heterocycles. The topological polar surface area (TPSA) is 41.5 Å². The molecule has 0 amide bonds. The number of aromatic hydroxyl groups is 1. The predicted molar refractivity (Wildman–Crippen MR) is 48.4 cm³/mol. The fraction of sp³-hybridized carbons (Fsp3) is 0.333. The van der Waals surface area contributed by atoms with Crippen LogP contribution in [-0.2, 0) is 11.3 Å². The minimum absolute atomic E-state index is 0.274. The van der Waals surface area contributed by atoms with E-state index < -0.39 is 0 Å². The fourth-order valence-electron chi connectivity index (χ4n) is 1.01. The van der Waals surface area contributed by atoms with Crippen molar-refractivity contribution in [3.8, 4) is 5.75 Å². The van der Waals surface area contributed by atoms with E-state index in [2.05, 4.69) is 5.32 Å². The summed E-state index contributed by atoms with van der Waals surface area (Å²) in [5.74, 6) is 0.274. The van der Waals surface area contributed by atoms with Gasteiger partial charge in [0, 0.05) is 25.4 Å². The first kappa shape index (κ1) is 8.87. The van der Waals surface area contributed by atoms with Crippen molar-refractivity contribution in [1.82, 2.24) is 0 Å². The lowest BCUT2D eigenvalue weighted by Crippen LogP contribution is -1.92. The van der Waals surface area contributed by atoms with Crippen molar-refractivity contribution in [2.75, 3.05) is 19.5 Å². The van der Waals surface area contributed by atoms with Crippen LogP contribution in [0.25, 0.3) is 0 Å². The quantitative estimate of drug-likeness (QED) is 0.671. The molecule has 0 heterocycles. The highest BCUT2D eigenvalue weighted by Gasteiger charge is 2.00. The Morgan fingerprint density at radius 3 is 2.83 bits per heavy atom. The smallest absolute Gasteiger partial charge is 0.121 e. The molecule has 1 aromatic carbocycles. The van der Waals surface area contributed by atoms with E-state index in [9.17, 15) is 5.11 Å². The molecule has 0 saturated carbocycles. The average molecular weight is 167 g/mol. The highest BCUT2D eigenvalue weighted by molar-refractivity contribution is 5.50. The summed E-state index contributed by atoms with van der Waals surface area (Å²) in [6.45, 7) is 0.432. The van der Waals surface area contributed by atoms with Gasteiger partial charge < -0.3 is 15.2 Å². The largest absolute Gasteiger partial charge is 0.508 e. The lowest BCUT2D eigenvalue weighted by atomic mass is 10.2. The molecule has 0 aromatic heterocycles. The maximum absolute atomic E-state index is 9.35. The molecule has 0 spiro atoms. The van der Waals surface area contributed by atoms with Crippen LogP contribution in [0.3, 0.4) is 0 Å². The molecule has 0 aliphatic heterocycles. The van der Waals surface area contributed by atoms with Crippen LogP contribution in [-0.4, -0.2) is 19.3 Å². The van der Waals surface area contributed by atoms with Gasteiger partial charge in [-0.15, -0.1) is 0 Å². The summed E-state index contributed by atoms with van der Waals surface area (Å²) in [6, 6.07) is 5.33. The number of hydrogen-bond donors (Lipinski definition) is 2. The number of phenols is 1. The second-order valence-electron chi connectivity index (χ2n) is 2.53. The van der Waals surface area contributed by atoms with Gasteiger partial charge in [-0.1, -0.05) is 0 Å². The predicted octanol–water partition coefficient (Wildman–Crippen LogP) is 1.58. The van der Waals surface area contributed by atoms with Crippen LogP contribution in [0.4, 0.5) is 5.69 Å². The van der Waals surface area contributed by atoms with Crippen molar-refractivity contribution >= 4 is 5.69 Å². The third-order valence-electron chi connectivity index (χ3n) is 1.67. The van der Waals surface area contributed by atoms with Gasteiger partial charge in [-0.3, -0.25) is 0 Å². The summed E-state index contributed by atoms with van der Waals surface area (Å²) in [7, 11) is 3.44. The molecule has 3 heteroatoms. The van der Waals surface area contributed by atoms with Gasteiger partial charge in [0.2, 0.25) is 0 Å². The fourth-order valence-corrected chi connectivity index (χ4v) is 1.01. The van der Waals surface area contributed by atoms with Crippen LogP contribution >= 0.6 is 0 Å². The number of rotatable bonds is 3. The first-order valence-corrected chi connectivity index (χ1v) is 3.76. The number of ether oxygens (including phenoxy) is 1. The van der Waals surface area contributed by atoms with Crippen molar-refractivity contribution in [1.29, 1.82) is 0 Å². The zero-order chi connectivity index (χ0) is 8.97. The second-order valence-corrected chi connectivity index (χ2v) is 2.53. The Morgan fingerprint density at radius 1 is 1.50 bits per heavy atom. The number of anilines is 1. The molecule has 0 unspecified atom stereocenters. The van der Waals surface area contributed by atoms with E-state index in [-0.39, 0.29) is 5.75 Å². The molecule has 0 bridgehead atoms. The van der Waals surface area contributed by atoms with Crippen molar-refractivity contribution in [2.24, 2.45) is 0 Å². The minimum atomic E-state index is 0.274. The SMILES string of the molecule is CNc1ccc(O)c(COC)c1. The molecule has 12 heavy (non-hydrogen) atoms. The molecule has 0 radical (unpaired) electrons. The van der Waals surface area contributed by atoms with Gasteiger partial charge in [0.15, 0.2) is 0 Å². The Balaban J connectivity index is 2.91. The molecule has 1 rings (SSSR count). The van der Waals surface area contributed by atoms with Crippen molar-refractivity contribution in [3.05, 3.63) is 23.8 Å². The lowest BCUT2D eigenvalue weighted by Gasteiger charge is -2.05. The van der Waals surface area contributed by atoms with Crippen LogP contribution in [0.5, 0.6) is 5.75 Å². The first-order chi connectivity index (χ1) is 5.77. The van der Waals surface area contributed by atoms with E-state index in [1.54, 1.807) is 13.2 Å². The number of methoxy groups -OCH3 is 1. The maximum atomic E-state index is 9.35. The third kappa shape index (κ3) is 1.89. The standard InChI is InChI=1S/C9H13NO2/c1-10-8-3-4-9(11)7(5-8)6-12-2/h3-5,10-11H,6H2,1-2H3. The van der Waals surface area contributed by atoms with E-state index in [4.69, 9.17) is 4.74 Å². The van der Waals surface area contributed by atoms with Gasteiger partial charge in [-0.2, -0.15) is 0 Å². The van der Waals surface area contributed by atoms with E-state index in [1.165, 1.54) is 0 Å². The summed E-state index contributed by atoms with van der Waals surface area (Å²) in [4.78, 5) is 0. The summed E-state index contributed by atoms with van der Waals surface area (Å²) < 4.78 is 4.92. The number of nitrogens with one attached hydrogen (secondary N) is 1. The minimum Gasteiger partial charge on any atom is -0.508 e. The van der Waals surface area contributed by atoms with Crippen LogP contribution in [0.15, 0.2) is 18.2 Å². The summed E-state index contributed by atoms with van der Waals surface area (Å²) >= 11 is 0. The van der Waals surface area contributed by atoms with Gasteiger partial charge in [0.25, 0.3) is 0 Å². The van der Waals surface area contributed by atoms with E-state index in [1.807, 2.05) is 19.2 Å². The van der Waals surface area contributed by atoms with Crippen molar-refractivity contribution in [3.63, 3.8) is 0 Å². The molecule has 0 aliphatic carbocycles. The van der Waals surface area contributed by atoms with Gasteiger partial charge >= 0.3 is 0 Å².